The molecule has 82 valence electrons. The van der Waals surface area contributed by atoms with E-state index in [9.17, 15) is 22.4 Å². The number of carbonyl (C=O) groups excluding carboxylic acids is 1. The molecule has 0 saturated heterocycles. The van der Waals surface area contributed by atoms with Gasteiger partial charge in [0.15, 0.2) is 0 Å². The molecule has 0 atom stereocenters. The summed E-state index contributed by atoms with van der Waals surface area (Å²) >= 11 is 0. The summed E-state index contributed by atoms with van der Waals surface area (Å²) in [6.07, 6.45) is -4.97. The highest BCUT2D eigenvalue weighted by atomic mass is 19.4. The van der Waals surface area contributed by atoms with E-state index in [1.807, 2.05) is 0 Å². The Morgan fingerprint density at radius 2 is 1.93 bits per heavy atom. The monoisotopic (exact) mass is 221 g/mol. The summed E-state index contributed by atoms with van der Waals surface area (Å²) < 4.78 is 48.5. The highest BCUT2D eigenvalue weighted by molar-refractivity contribution is 5.95. The van der Waals surface area contributed by atoms with E-state index < -0.39 is 17.9 Å². The van der Waals surface area contributed by atoms with Gasteiger partial charge in [-0.25, -0.2) is 4.39 Å². The Morgan fingerprint density at radius 1 is 1.33 bits per heavy atom. The summed E-state index contributed by atoms with van der Waals surface area (Å²) in [7, 11) is 0. The summed E-state index contributed by atoms with van der Waals surface area (Å²) in [4.78, 5) is 10.5. The van der Waals surface area contributed by atoms with Gasteiger partial charge in [-0.15, -0.1) is 0 Å². The number of carbonyl (C=O) groups is 1. The van der Waals surface area contributed by atoms with Gasteiger partial charge >= 0.3 is 12.1 Å². The molecule has 0 aliphatic rings. The van der Waals surface area contributed by atoms with Crippen molar-refractivity contribution in [3.05, 3.63) is 29.6 Å². The maximum atomic E-state index is 12.9. The average Bonchev–Trinajstić information content (AvgIpc) is 2.11. The molecule has 0 radical (unpaired) electrons. The number of amides is 1. The van der Waals surface area contributed by atoms with Gasteiger partial charge in [0, 0.05) is 11.3 Å². The second kappa shape index (κ2) is 3.88. The molecule has 0 aromatic heterocycles. The zero-order valence-electron chi connectivity index (χ0n) is 7.65. The third-order valence-electron chi connectivity index (χ3n) is 1.77. The Labute approximate surface area is 82.9 Å². The van der Waals surface area contributed by atoms with Crippen molar-refractivity contribution in [3.63, 3.8) is 0 Å². The predicted molar refractivity (Wildman–Crippen MR) is 45.8 cm³/mol. The van der Waals surface area contributed by atoms with E-state index >= 15 is 0 Å². The van der Waals surface area contributed by atoms with E-state index in [4.69, 9.17) is 0 Å². The molecule has 0 aliphatic carbocycles. The smallest absolute Gasteiger partial charge is 0.318 e. The molecular formula is C9H7F4NO. The standard InChI is InChI=1S/C9H7F4NO/c1-5-6(10)3-2-4-7(5)14-8(15)9(11,12)13/h2-4H,1H3,(H,14,15). The van der Waals surface area contributed by atoms with Gasteiger partial charge in [0.1, 0.15) is 5.82 Å². The van der Waals surface area contributed by atoms with Crippen molar-refractivity contribution in [2.45, 2.75) is 13.1 Å². The van der Waals surface area contributed by atoms with Crippen molar-refractivity contribution in [2.24, 2.45) is 0 Å². The van der Waals surface area contributed by atoms with Crippen LogP contribution in [0.1, 0.15) is 5.56 Å². The van der Waals surface area contributed by atoms with E-state index in [-0.39, 0.29) is 11.3 Å². The fourth-order valence-corrected chi connectivity index (χ4v) is 0.936. The van der Waals surface area contributed by atoms with Crippen LogP contribution in [-0.4, -0.2) is 12.1 Å². The van der Waals surface area contributed by atoms with Crippen LogP contribution in [0.4, 0.5) is 23.2 Å². The number of rotatable bonds is 1. The lowest BCUT2D eigenvalue weighted by atomic mass is 10.2. The Morgan fingerprint density at radius 3 is 2.47 bits per heavy atom. The largest absolute Gasteiger partial charge is 0.471 e. The normalized spacial score (nSPS) is 11.3. The second-order valence-electron chi connectivity index (χ2n) is 2.86. The van der Waals surface area contributed by atoms with Crippen molar-refractivity contribution in [1.29, 1.82) is 0 Å². The van der Waals surface area contributed by atoms with Gasteiger partial charge in [0.25, 0.3) is 0 Å². The molecule has 6 heteroatoms. The molecule has 2 nitrogen and oxygen atoms in total. The SMILES string of the molecule is Cc1c(F)cccc1NC(=O)C(F)(F)F. The van der Waals surface area contributed by atoms with Gasteiger partial charge in [-0.2, -0.15) is 13.2 Å². The van der Waals surface area contributed by atoms with Crippen LogP contribution in [-0.2, 0) is 4.79 Å². The number of nitrogens with one attached hydrogen (secondary N) is 1. The van der Waals surface area contributed by atoms with Crippen LogP contribution < -0.4 is 5.32 Å². The van der Waals surface area contributed by atoms with E-state index in [0.29, 0.717) is 0 Å². The van der Waals surface area contributed by atoms with E-state index in [2.05, 4.69) is 0 Å². The van der Waals surface area contributed by atoms with Gasteiger partial charge in [-0.05, 0) is 19.1 Å². The lowest BCUT2D eigenvalue weighted by Gasteiger charge is -2.10. The van der Waals surface area contributed by atoms with Crippen LogP contribution in [0.15, 0.2) is 18.2 Å². The predicted octanol–water partition coefficient (Wildman–Crippen LogP) is 2.63. The fourth-order valence-electron chi connectivity index (χ4n) is 0.936. The number of alkyl halides is 3. The van der Waals surface area contributed by atoms with Crippen LogP contribution in [0.3, 0.4) is 0 Å². The van der Waals surface area contributed by atoms with E-state index in [1.54, 1.807) is 5.32 Å². The minimum absolute atomic E-state index is 0.0323. The van der Waals surface area contributed by atoms with Crippen molar-refractivity contribution in [2.75, 3.05) is 5.32 Å². The molecule has 0 saturated carbocycles. The van der Waals surface area contributed by atoms with Crippen LogP contribution in [0.5, 0.6) is 0 Å². The average molecular weight is 221 g/mol. The van der Waals surface area contributed by atoms with Crippen LogP contribution in [0, 0.1) is 12.7 Å². The number of hydrogen-bond donors (Lipinski definition) is 1. The number of halogens is 4. The quantitative estimate of drug-likeness (QED) is 0.725. The van der Waals surface area contributed by atoms with Crippen molar-refractivity contribution < 1.29 is 22.4 Å². The van der Waals surface area contributed by atoms with Crippen LogP contribution in [0.25, 0.3) is 0 Å². The first-order valence-electron chi connectivity index (χ1n) is 3.95. The summed E-state index contributed by atoms with van der Waals surface area (Å²) in [5, 5.41) is 1.59. The molecular weight excluding hydrogens is 214 g/mol. The number of hydrogen-bond acceptors (Lipinski definition) is 1. The van der Waals surface area contributed by atoms with Gasteiger partial charge in [0.05, 0.1) is 0 Å². The molecule has 0 aliphatic heterocycles. The fraction of sp³-hybridized carbons (Fsp3) is 0.222. The third-order valence-corrected chi connectivity index (χ3v) is 1.77. The third kappa shape index (κ3) is 2.68. The number of anilines is 1. The van der Waals surface area contributed by atoms with Gasteiger partial charge in [0.2, 0.25) is 0 Å². The molecule has 0 unspecified atom stereocenters. The summed E-state index contributed by atoms with van der Waals surface area (Å²) in [6, 6.07) is 3.51. The first-order chi connectivity index (χ1) is 6.82. The molecule has 0 spiro atoms. The lowest BCUT2D eigenvalue weighted by Crippen LogP contribution is -2.30. The first kappa shape index (κ1) is 11.5. The number of benzene rings is 1. The maximum absolute atomic E-state index is 12.9. The van der Waals surface area contributed by atoms with E-state index in [1.165, 1.54) is 19.1 Å². The Balaban J connectivity index is 2.91. The molecule has 15 heavy (non-hydrogen) atoms. The van der Waals surface area contributed by atoms with Crippen molar-refractivity contribution in [3.8, 4) is 0 Å². The topological polar surface area (TPSA) is 29.1 Å². The Kier molecular flexibility index (Phi) is 2.97. The maximum Gasteiger partial charge on any atom is 0.471 e. The highest BCUT2D eigenvalue weighted by Gasteiger charge is 2.38. The van der Waals surface area contributed by atoms with E-state index in [0.717, 1.165) is 6.07 Å². The van der Waals surface area contributed by atoms with Gasteiger partial charge in [-0.3, -0.25) is 4.79 Å². The summed E-state index contributed by atoms with van der Waals surface area (Å²) in [5.41, 5.74) is -0.215. The molecule has 1 rings (SSSR count). The zero-order valence-corrected chi connectivity index (χ0v) is 7.65. The Hall–Kier alpha value is -1.59. The Bertz CT molecular complexity index is 386. The van der Waals surface area contributed by atoms with Crippen molar-refractivity contribution >= 4 is 11.6 Å². The minimum atomic E-state index is -4.97. The molecule has 1 aromatic rings. The summed E-state index contributed by atoms with van der Waals surface area (Å²) in [5.74, 6) is -2.79. The molecule has 1 N–H and O–H groups in total. The molecule has 0 heterocycles. The highest BCUT2D eigenvalue weighted by Crippen LogP contribution is 2.21. The second-order valence-corrected chi connectivity index (χ2v) is 2.86. The molecule has 0 bridgehead atoms. The van der Waals surface area contributed by atoms with Gasteiger partial charge in [-0.1, -0.05) is 6.07 Å². The van der Waals surface area contributed by atoms with Gasteiger partial charge < -0.3 is 5.32 Å². The molecule has 1 aromatic carbocycles. The molecule has 0 fully saturated rings. The van der Waals surface area contributed by atoms with Crippen molar-refractivity contribution in [1.82, 2.24) is 0 Å². The lowest BCUT2D eigenvalue weighted by molar-refractivity contribution is -0.167. The zero-order chi connectivity index (χ0) is 11.6. The minimum Gasteiger partial charge on any atom is -0.318 e. The first-order valence-corrected chi connectivity index (χ1v) is 3.95. The van der Waals surface area contributed by atoms with Crippen LogP contribution in [0.2, 0.25) is 0 Å². The molecule has 1 amide bonds. The van der Waals surface area contributed by atoms with Crippen LogP contribution >= 0.6 is 0 Å². The summed E-state index contributed by atoms with van der Waals surface area (Å²) in [6.45, 7) is 1.28.